The van der Waals surface area contributed by atoms with Crippen LogP contribution < -0.4 is 14.2 Å². The summed E-state index contributed by atoms with van der Waals surface area (Å²) < 4.78 is 16.5. The third-order valence-electron chi connectivity index (χ3n) is 4.67. The number of methoxy groups -OCH3 is 1. The maximum absolute atomic E-state index is 12.8. The van der Waals surface area contributed by atoms with Crippen molar-refractivity contribution in [3.8, 4) is 17.2 Å². The Hall–Kier alpha value is -3.57. The predicted molar refractivity (Wildman–Crippen MR) is 114 cm³/mol. The fourth-order valence-corrected chi connectivity index (χ4v) is 3.44. The number of carbonyl (C=O) groups is 2. The van der Waals surface area contributed by atoms with Gasteiger partial charge in [-0.1, -0.05) is 41.9 Å². The molecule has 0 atom stereocenters. The summed E-state index contributed by atoms with van der Waals surface area (Å²) in [7, 11) is 1.48. The highest BCUT2D eigenvalue weighted by Crippen LogP contribution is 2.38. The normalized spacial score (nSPS) is 13.7. The summed E-state index contributed by atoms with van der Waals surface area (Å²) in [5.74, 6) is 0.370. The van der Waals surface area contributed by atoms with Crippen LogP contribution in [0.4, 0.5) is 0 Å². The Bertz CT molecular complexity index is 1200. The fourth-order valence-electron chi connectivity index (χ4n) is 3.25. The number of halogens is 1. The molecule has 4 rings (SSSR count). The number of rotatable bonds is 4. The van der Waals surface area contributed by atoms with E-state index in [0.29, 0.717) is 38.8 Å². The molecule has 0 saturated heterocycles. The Kier molecular flexibility index (Phi) is 5.29. The number of ether oxygens (including phenoxy) is 3. The number of benzene rings is 3. The van der Waals surface area contributed by atoms with Crippen molar-refractivity contribution in [3.05, 3.63) is 93.7 Å². The molecule has 0 bridgehead atoms. The summed E-state index contributed by atoms with van der Waals surface area (Å²) >= 11 is 6.18. The van der Waals surface area contributed by atoms with E-state index in [1.807, 2.05) is 12.1 Å². The third-order valence-corrected chi connectivity index (χ3v) is 5.02. The molecule has 3 aromatic carbocycles. The lowest BCUT2D eigenvalue weighted by Crippen LogP contribution is -2.10. The first-order valence-corrected chi connectivity index (χ1v) is 9.54. The summed E-state index contributed by atoms with van der Waals surface area (Å²) in [5.41, 5.74) is 2.05. The van der Waals surface area contributed by atoms with Gasteiger partial charge in [0.1, 0.15) is 22.8 Å². The standard InChI is InChI=1S/C24H17ClO5/c1-14-11-16(29-24(27)17-8-4-6-10-19(17)28-2)13-20-22(14)23(26)21(30-20)12-15-7-3-5-9-18(15)25/h3-13H,1-2H3/b21-12-. The van der Waals surface area contributed by atoms with Crippen LogP contribution in [0.15, 0.2) is 66.4 Å². The highest BCUT2D eigenvalue weighted by Gasteiger charge is 2.30. The van der Waals surface area contributed by atoms with Crippen molar-refractivity contribution in [3.63, 3.8) is 0 Å². The van der Waals surface area contributed by atoms with Gasteiger partial charge < -0.3 is 14.2 Å². The van der Waals surface area contributed by atoms with Crippen LogP contribution in [0.25, 0.3) is 6.08 Å². The Balaban J connectivity index is 1.63. The van der Waals surface area contributed by atoms with Gasteiger partial charge in [-0.3, -0.25) is 4.79 Å². The molecule has 5 nitrogen and oxygen atoms in total. The van der Waals surface area contributed by atoms with Gasteiger partial charge in [0, 0.05) is 11.1 Å². The molecule has 1 aliphatic heterocycles. The average Bonchev–Trinajstić information content (AvgIpc) is 3.05. The lowest BCUT2D eigenvalue weighted by Gasteiger charge is -2.10. The summed E-state index contributed by atoms with van der Waals surface area (Å²) in [5, 5.41) is 0.514. The lowest BCUT2D eigenvalue weighted by atomic mass is 10.0. The SMILES string of the molecule is COc1ccccc1C(=O)Oc1cc(C)c2c(c1)O/C(=C\c1ccccc1Cl)C2=O. The molecule has 0 fully saturated rings. The number of aryl methyl sites for hydroxylation is 1. The minimum atomic E-state index is -0.567. The van der Waals surface area contributed by atoms with E-state index in [1.54, 1.807) is 55.5 Å². The number of ketones is 1. The lowest BCUT2D eigenvalue weighted by molar-refractivity contribution is 0.0731. The van der Waals surface area contributed by atoms with Crippen LogP contribution >= 0.6 is 11.6 Å². The van der Waals surface area contributed by atoms with E-state index >= 15 is 0 Å². The Labute approximate surface area is 178 Å². The Morgan fingerprint density at radius 3 is 2.57 bits per heavy atom. The fraction of sp³-hybridized carbons (Fsp3) is 0.0833. The average molecular weight is 421 g/mol. The highest BCUT2D eigenvalue weighted by atomic mass is 35.5. The number of esters is 1. The van der Waals surface area contributed by atoms with Gasteiger partial charge in [-0.25, -0.2) is 4.79 Å². The largest absolute Gasteiger partial charge is 0.496 e. The summed E-state index contributed by atoms with van der Waals surface area (Å²) in [6.45, 7) is 1.76. The minimum Gasteiger partial charge on any atom is -0.496 e. The molecule has 0 N–H and O–H groups in total. The molecule has 0 saturated carbocycles. The molecule has 0 aromatic heterocycles. The second-order valence-corrected chi connectivity index (χ2v) is 7.07. The number of carbonyl (C=O) groups excluding carboxylic acids is 2. The van der Waals surface area contributed by atoms with Crippen molar-refractivity contribution in [1.29, 1.82) is 0 Å². The molecule has 0 radical (unpaired) electrons. The Morgan fingerprint density at radius 1 is 1.07 bits per heavy atom. The van der Waals surface area contributed by atoms with E-state index in [9.17, 15) is 9.59 Å². The first kappa shape index (κ1) is 19.7. The van der Waals surface area contributed by atoms with Gasteiger partial charge in [0.2, 0.25) is 5.78 Å². The third kappa shape index (κ3) is 3.67. The minimum absolute atomic E-state index is 0.161. The topological polar surface area (TPSA) is 61.8 Å². The molecule has 0 aliphatic carbocycles. The summed E-state index contributed by atoms with van der Waals surface area (Å²) in [6.07, 6.45) is 1.60. The van der Waals surface area contributed by atoms with Gasteiger partial charge in [0.25, 0.3) is 0 Å². The highest BCUT2D eigenvalue weighted by molar-refractivity contribution is 6.32. The maximum atomic E-state index is 12.8. The number of fused-ring (bicyclic) bond motifs is 1. The van der Waals surface area contributed by atoms with Gasteiger partial charge in [0.05, 0.1) is 12.7 Å². The van der Waals surface area contributed by atoms with Gasteiger partial charge in [-0.15, -0.1) is 0 Å². The molecule has 1 heterocycles. The van der Waals surface area contributed by atoms with Gasteiger partial charge >= 0.3 is 5.97 Å². The van der Waals surface area contributed by atoms with E-state index < -0.39 is 5.97 Å². The number of Topliss-reactive ketones (excluding diaryl/α,β-unsaturated/α-hetero) is 1. The van der Waals surface area contributed by atoms with Gasteiger partial charge in [-0.2, -0.15) is 0 Å². The second-order valence-electron chi connectivity index (χ2n) is 6.66. The molecule has 0 amide bonds. The molecule has 1 aliphatic rings. The molecule has 0 spiro atoms. The summed E-state index contributed by atoms with van der Waals surface area (Å²) in [4.78, 5) is 25.4. The Morgan fingerprint density at radius 2 is 1.80 bits per heavy atom. The van der Waals surface area contributed by atoms with Crippen LogP contribution in [0.1, 0.15) is 31.8 Å². The smallest absolute Gasteiger partial charge is 0.347 e. The van der Waals surface area contributed by atoms with Crippen LogP contribution in [0.5, 0.6) is 17.2 Å². The quantitative estimate of drug-likeness (QED) is 0.317. The number of hydrogen-bond donors (Lipinski definition) is 0. The van der Waals surface area contributed by atoms with Crippen molar-refractivity contribution < 1.29 is 23.8 Å². The van der Waals surface area contributed by atoms with Crippen molar-refractivity contribution in [2.45, 2.75) is 6.92 Å². The van der Waals surface area contributed by atoms with E-state index in [2.05, 4.69) is 0 Å². The van der Waals surface area contributed by atoms with Gasteiger partial charge in [0.15, 0.2) is 5.76 Å². The zero-order valence-electron chi connectivity index (χ0n) is 16.3. The van der Waals surface area contributed by atoms with Gasteiger partial charge in [-0.05, 0) is 48.4 Å². The molecule has 3 aromatic rings. The van der Waals surface area contributed by atoms with Crippen LogP contribution in [-0.4, -0.2) is 18.9 Å². The number of hydrogen-bond acceptors (Lipinski definition) is 5. The first-order valence-electron chi connectivity index (χ1n) is 9.16. The van der Waals surface area contributed by atoms with Crippen molar-refractivity contribution in [2.75, 3.05) is 7.11 Å². The van der Waals surface area contributed by atoms with Crippen LogP contribution in [0, 0.1) is 6.92 Å². The predicted octanol–water partition coefficient (Wildman–Crippen LogP) is 5.49. The van der Waals surface area contributed by atoms with Crippen LogP contribution in [0.3, 0.4) is 0 Å². The van der Waals surface area contributed by atoms with Crippen LogP contribution in [-0.2, 0) is 0 Å². The molecule has 30 heavy (non-hydrogen) atoms. The van der Waals surface area contributed by atoms with Crippen molar-refractivity contribution in [1.82, 2.24) is 0 Å². The van der Waals surface area contributed by atoms with Crippen molar-refractivity contribution in [2.24, 2.45) is 0 Å². The van der Waals surface area contributed by atoms with E-state index in [-0.39, 0.29) is 17.3 Å². The van der Waals surface area contributed by atoms with E-state index in [1.165, 1.54) is 13.2 Å². The molecular weight excluding hydrogens is 404 g/mol. The molecule has 0 unspecified atom stereocenters. The first-order chi connectivity index (χ1) is 14.5. The second kappa shape index (κ2) is 8.05. The number of para-hydroxylation sites is 1. The molecular formula is C24H17ClO5. The van der Waals surface area contributed by atoms with E-state index in [0.717, 1.165) is 0 Å². The number of allylic oxidation sites excluding steroid dienone is 1. The van der Waals surface area contributed by atoms with Crippen molar-refractivity contribution >= 4 is 29.4 Å². The molecule has 150 valence electrons. The zero-order valence-corrected chi connectivity index (χ0v) is 17.0. The monoisotopic (exact) mass is 420 g/mol. The molecule has 6 heteroatoms. The zero-order chi connectivity index (χ0) is 21.3. The van der Waals surface area contributed by atoms with Crippen LogP contribution in [0.2, 0.25) is 5.02 Å². The van der Waals surface area contributed by atoms with E-state index in [4.69, 9.17) is 25.8 Å². The maximum Gasteiger partial charge on any atom is 0.347 e. The summed E-state index contributed by atoms with van der Waals surface area (Å²) in [6, 6.07) is 17.1.